The van der Waals surface area contributed by atoms with Crippen LogP contribution in [0.1, 0.15) is 44.7 Å². The van der Waals surface area contributed by atoms with Crippen LogP contribution in [-0.2, 0) is 17.6 Å². The first-order valence-corrected chi connectivity index (χ1v) is 8.67. The smallest absolute Gasteiger partial charge is 0.342 e. The summed E-state index contributed by atoms with van der Waals surface area (Å²) >= 11 is 0. The van der Waals surface area contributed by atoms with Crippen molar-refractivity contribution in [2.45, 2.75) is 25.7 Å². The molecular weight excluding hydrogens is 332 g/mol. The van der Waals surface area contributed by atoms with Crippen molar-refractivity contribution in [3.8, 4) is 11.5 Å². The lowest BCUT2D eigenvalue weighted by atomic mass is 9.90. The molecule has 1 aliphatic rings. The fourth-order valence-corrected chi connectivity index (χ4v) is 3.25. The Bertz CT molecular complexity index is 825. The van der Waals surface area contributed by atoms with Crippen LogP contribution < -0.4 is 9.47 Å². The van der Waals surface area contributed by atoms with Crippen molar-refractivity contribution in [1.82, 2.24) is 0 Å². The molecule has 5 heteroatoms. The molecule has 0 saturated carbocycles. The van der Waals surface area contributed by atoms with Gasteiger partial charge < -0.3 is 14.2 Å². The molecule has 0 bridgehead atoms. The molecule has 0 atom stereocenters. The molecule has 0 N–H and O–H groups in total. The van der Waals surface area contributed by atoms with Gasteiger partial charge in [0.1, 0.15) is 5.56 Å². The molecule has 5 nitrogen and oxygen atoms in total. The molecule has 0 amide bonds. The van der Waals surface area contributed by atoms with E-state index in [1.807, 2.05) is 18.2 Å². The van der Waals surface area contributed by atoms with E-state index in [4.69, 9.17) is 14.2 Å². The Morgan fingerprint density at radius 3 is 2.46 bits per heavy atom. The van der Waals surface area contributed by atoms with Gasteiger partial charge in [0.25, 0.3) is 0 Å². The van der Waals surface area contributed by atoms with E-state index < -0.39 is 5.97 Å². The molecule has 0 fully saturated rings. The number of aryl methyl sites for hydroxylation is 2. The third kappa shape index (κ3) is 3.72. The Morgan fingerprint density at radius 2 is 1.73 bits per heavy atom. The van der Waals surface area contributed by atoms with Crippen LogP contribution in [0.5, 0.6) is 11.5 Å². The van der Waals surface area contributed by atoms with E-state index in [9.17, 15) is 9.59 Å². The third-order valence-corrected chi connectivity index (χ3v) is 4.63. The van der Waals surface area contributed by atoms with Crippen molar-refractivity contribution in [2.24, 2.45) is 0 Å². The first-order valence-electron chi connectivity index (χ1n) is 8.67. The van der Waals surface area contributed by atoms with Gasteiger partial charge in [-0.05, 0) is 55.0 Å². The Labute approximate surface area is 152 Å². The molecule has 26 heavy (non-hydrogen) atoms. The van der Waals surface area contributed by atoms with Crippen molar-refractivity contribution in [1.29, 1.82) is 0 Å². The van der Waals surface area contributed by atoms with Gasteiger partial charge in [0.05, 0.1) is 14.2 Å². The average molecular weight is 354 g/mol. The predicted octanol–water partition coefficient (Wildman–Crippen LogP) is 3.62. The van der Waals surface area contributed by atoms with Crippen LogP contribution in [-0.4, -0.2) is 32.6 Å². The largest absolute Gasteiger partial charge is 0.493 e. The van der Waals surface area contributed by atoms with E-state index in [0.717, 1.165) is 19.3 Å². The number of benzene rings is 2. The van der Waals surface area contributed by atoms with E-state index in [-0.39, 0.29) is 18.0 Å². The molecule has 136 valence electrons. The van der Waals surface area contributed by atoms with E-state index in [0.29, 0.717) is 17.1 Å². The lowest BCUT2D eigenvalue weighted by Crippen LogP contribution is -2.16. The summed E-state index contributed by atoms with van der Waals surface area (Å²) in [5, 5.41) is 0. The third-order valence-electron chi connectivity index (χ3n) is 4.63. The van der Waals surface area contributed by atoms with Crippen LogP contribution in [0.4, 0.5) is 0 Å². The zero-order valence-corrected chi connectivity index (χ0v) is 15.0. The molecule has 2 aromatic rings. The maximum Gasteiger partial charge on any atom is 0.342 e. The highest BCUT2D eigenvalue weighted by Crippen LogP contribution is 2.31. The summed E-state index contributed by atoms with van der Waals surface area (Å²) in [5.41, 5.74) is 3.34. The minimum absolute atomic E-state index is 0.214. The normalized spacial score (nSPS) is 12.8. The lowest BCUT2D eigenvalue weighted by molar-refractivity contribution is 0.0471. The summed E-state index contributed by atoms with van der Waals surface area (Å²) in [4.78, 5) is 24.8. The maximum absolute atomic E-state index is 12.4. The van der Waals surface area contributed by atoms with Crippen LogP contribution in [0, 0.1) is 0 Å². The fourth-order valence-electron chi connectivity index (χ4n) is 3.25. The van der Waals surface area contributed by atoms with Crippen LogP contribution in [0.2, 0.25) is 0 Å². The Morgan fingerprint density at radius 1 is 0.962 bits per heavy atom. The Hall–Kier alpha value is -2.82. The monoisotopic (exact) mass is 354 g/mol. The fraction of sp³-hybridized carbons (Fsp3) is 0.333. The number of carbonyl (C=O) groups is 2. The number of fused-ring (bicyclic) bond motifs is 1. The van der Waals surface area contributed by atoms with Crippen molar-refractivity contribution in [3.05, 3.63) is 58.7 Å². The van der Waals surface area contributed by atoms with Crippen molar-refractivity contribution in [3.63, 3.8) is 0 Å². The summed E-state index contributed by atoms with van der Waals surface area (Å²) in [7, 11) is 2.94. The van der Waals surface area contributed by atoms with Gasteiger partial charge in [-0.3, -0.25) is 4.79 Å². The number of hydrogen-bond donors (Lipinski definition) is 0. The Kier molecular flexibility index (Phi) is 5.56. The van der Waals surface area contributed by atoms with E-state index in [1.54, 1.807) is 18.2 Å². The number of methoxy groups -OCH3 is 2. The van der Waals surface area contributed by atoms with Gasteiger partial charge in [-0.2, -0.15) is 0 Å². The number of rotatable bonds is 6. The van der Waals surface area contributed by atoms with Gasteiger partial charge in [0.2, 0.25) is 0 Å². The van der Waals surface area contributed by atoms with Gasteiger partial charge in [0, 0.05) is 5.56 Å². The molecule has 0 radical (unpaired) electrons. The van der Waals surface area contributed by atoms with Gasteiger partial charge in [-0.25, -0.2) is 4.79 Å². The van der Waals surface area contributed by atoms with E-state index in [2.05, 4.69) is 0 Å². The zero-order valence-electron chi connectivity index (χ0n) is 15.0. The molecule has 0 aliphatic heterocycles. The molecular formula is C21H22O5. The molecule has 0 unspecified atom stereocenters. The van der Waals surface area contributed by atoms with Crippen LogP contribution in [0.3, 0.4) is 0 Å². The van der Waals surface area contributed by atoms with Crippen LogP contribution >= 0.6 is 0 Å². The Balaban J connectivity index is 1.69. The van der Waals surface area contributed by atoms with Crippen molar-refractivity contribution in [2.75, 3.05) is 20.8 Å². The number of ether oxygens (including phenoxy) is 3. The quantitative estimate of drug-likeness (QED) is 0.586. The molecule has 3 rings (SSSR count). The number of Topliss-reactive ketones (excluding diaryl/α,β-unsaturated/α-hetero) is 1. The summed E-state index contributed by atoms with van der Waals surface area (Å²) in [5.74, 6) is -0.107. The second kappa shape index (κ2) is 8.04. The summed E-state index contributed by atoms with van der Waals surface area (Å²) in [6.07, 6.45) is 4.40. The second-order valence-corrected chi connectivity index (χ2v) is 6.23. The van der Waals surface area contributed by atoms with Gasteiger partial charge in [-0.1, -0.05) is 18.2 Å². The minimum atomic E-state index is -0.618. The van der Waals surface area contributed by atoms with Crippen LogP contribution in [0.25, 0.3) is 0 Å². The predicted molar refractivity (Wildman–Crippen MR) is 97.2 cm³/mol. The molecule has 2 aromatic carbocycles. The number of hydrogen-bond acceptors (Lipinski definition) is 5. The molecule has 0 heterocycles. The maximum atomic E-state index is 12.4. The minimum Gasteiger partial charge on any atom is -0.493 e. The van der Waals surface area contributed by atoms with Crippen molar-refractivity contribution < 1.29 is 23.8 Å². The van der Waals surface area contributed by atoms with Gasteiger partial charge in [0.15, 0.2) is 23.9 Å². The molecule has 0 aromatic heterocycles. The summed E-state index contributed by atoms with van der Waals surface area (Å²) in [6, 6.07) is 10.7. The average Bonchev–Trinajstić information content (AvgIpc) is 2.70. The summed E-state index contributed by atoms with van der Waals surface area (Å²) in [6.45, 7) is -0.308. The molecule has 0 spiro atoms. The summed E-state index contributed by atoms with van der Waals surface area (Å²) < 4.78 is 15.6. The zero-order chi connectivity index (χ0) is 18.5. The van der Waals surface area contributed by atoms with Crippen LogP contribution in [0.15, 0.2) is 36.4 Å². The highest BCUT2D eigenvalue weighted by Gasteiger charge is 2.19. The van der Waals surface area contributed by atoms with E-state index in [1.165, 1.54) is 31.8 Å². The van der Waals surface area contributed by atoms with Gasteiger partial charge >= 0.3 is 5.97 Å². The SMILES string of the molecule is COc1cccc(C(=O)OCC(=O)c2ccc3c(c2)CCCC3)c1OC. The highest BCUT2D eigenvalue weighted by molar-refractivity contribution is 6.00. The van der Waals surface area contributed by atoms with Gasteiger partial charge in [-0.15, -0.1) is 0 Å². The first kappa shape index (κ1) is 18.0. The lowest BCUT2D eigenvalue weighted by Gasteiger charge is -2.16. The molecule has 1 aliphatic carbocycles. The number of carbonyl (C=O) groups excluding carboxylic acids is 2. The number of ketones is 1. The standard InChI is InChI=1S/C21H22O5/c1-24-19-9-5-8-17(20(19)25-2)21(23)26-13-18(22)16-11-10-14-6-3-4-7-15(14)12-16/h5,8-12H,3-4,6-7,13H2,1-2H3. The topological polar surface area (TPSA) is 61.8 Å². The highest BCUT2D eigenvalue weighted by atomic mass is 16.5. The van der Waals surface area contributed by atoms with E-state index >= 15 is 0 Å². The molecule has 0 saturated heterocycles. The first-order chi connectivity index (χ1) is 12.6. The number of esters is 1. The van der Waals surface area contributed by atoms with Crippen molar-refractivity contribution >= 4 is 11.8 Å². The number of para-hydroxylation sites is 1. The second-order valence-electron chi connectivity index (χ2n) is 6.23.